The molecular formula is C36H36Cl2N6O2. The van der Waals surface area contributed by atoms with Crippen LogP contribution in [0.1, 0.15) is 48.2 Å². The Balaban J connectivity index is 0.000000181. The highest BCUT2D eigenvalue weighted by molar-refractivity contribution is 6.30. The predicted molar refractivity (Wildman–Crippen MR) is 180 cm³/mol. The number of benzene rings is 4. The van der Waals surface area contributed by atoms with Crippen molar-refractivity contribution in [3.8, 4) is 0 Å². The average Bonchev–Trinajstić information content (AvgIpc) is 3.81. The number of rotatable bonds is 10. The highest BCUT2D eigenvalue weighted by Gasteiger charge is 2.37. The Morgan fingerprint density at radius 3 is 1.22 bits per heavy atom. The van der Waals surface area contributed by atoms with Gasteiger partial charge in [0.05, 0.1) is 12.1 Å². The van der Waals surface area contributed by atoms with E-state index in [2.05, 4.69) is 20.2 Å². The summed E-state index contributed by atoms with van der Waals surface area (Å²) >= 11 is 11.9. The molecule has 0 amide bonds. The summed E-state index contributed by atoms with van der Waals surface area (Å²) in [5, 5.41) is 32.3. The summed E-state index contributed by atoms with van der Waals surface area (Å²) in [7, 11) is 0. The van der Waals surface area contributed by atoms with Crippen molar-refractivity contribution < 1.29 is 10.2 Å². The molecule has 0 bridgehead atoms. The standard InChI is InChI=1S/2C18H18ClN3O/c2*1-18(23,15-5-3-2-4-6-15)17(22-13-20-12-21-22)11-14-7-9-16(19)10-8-14/h2*2-10,12-13,17,23H,11H2,1H3/t2*17-,18-/m11/s1. The van der Waals surface area contributed by atoms with Crippen molar-refractivity contribution in [3.05, 3.63) is 167 Å². The molecule has 2 heterocycles. The van der Waals surface area contributed by atoms with Crippen LogP contribution in [0.4, 0.5) is 0 Å². The van der Waals surface area contributed by atoms with Gasteiger partial charge in [-0.1, -0.05) is 108 Å². The monoisotopic (exact) mass is 654 g/mol. The van der Waals surface area contributed by atoms with E-state index in [-0.39, 0.29) is 12.1 Å². The van der Waals surface area contributed by atoms with E-state index >= 15 is 0 Å². The highest BCUT2D eigenvalue weighted by Crippen LogP contribution is 2.36. The van der Waals surface area contributed by atoms with Crippen LogP contribution in [0.25, 0.3) is 0 Å². The number of aliphatic hydroxyl groups is 2. The lowest BCUT2D eigenvalue weighted by Gasteiger charge is -2.33. The maximum absolute atomic E-state index is 11.2. The van der Waals surface area contributed by atoms with Gasteiger partial charge < -0.3 is 10.2 Å². The summed E-state index contributed by atoms with van der Waals surface area (Å²) < 4.78 is 3.42. The fraction of sp³-hybridized carbons (Fsp3) is 0.222. The molecule has 0 spiro atoms. The van der Waals surface area contributed by atoms with Crippen LogP contribution < -0.4 is 0 Å². The lowest BCUT2D eigenvalue weighted by Crippen LogP contribution is -2.35. The van der Waals surface area contributed by atoms with Crippen LogP contribution in [0.5, 0.6) is 0 Å². The summed E-state index contributed by atoms with van der Waals surface area (Å²) in [6, 6.07) is 34.0. The van der Waals surface area contributed by atoms with Gasteiger partial charge in [-0.15, -0.1) is 0 Å². The summed E-state index contributed by atoms with van der Waals surface area (Å²) in [6.07, 6.45) is 7.46. The van der Waals surface area contributed by atoms with E-state index in [0.717, 1.165) is 22.3 Å². The Morgan fingerprint density at radius 2 is 0.913 bits per heavy atom. The molecule has 0 saturated carbocycles. The van der Waals surface area contributed by atoms with Gasteiger partial charge in [0.2, 0.25) is 0 Å². The van der Waals surface area contributed by atoms with Gasteiger partial charge in [0, 0.05) is 10.0 Å². The van der Waals surface area contributed by atoms with Gasteiger partial charge in [-0.05, 0) is 73.2 Å². The summed E-state index contributed by atoms with van der Waals surface area (Å²) in [6.45, 7) is 3.62. The third-order valence-electron chi connectivity index (χ3n) is 8.21. The van der Waals surface area contributed by atoms with Gasteiger partial charge in [-0.25, -0.2) is 19.3 Å². The Hall–Kier alpha value is -4.34. The van der Waals surface area contributed by atoms with E-state index in [4.69, 9.17) is 23.2 Å². The number of aromatic nitrogens is 6. The summed E-state index contributed by atoms with van der Waals surface area (Å²) in [5.41, 5.74) is 1.66. The minimum absolute atomic E-state index is 0.284. The quantitative estimate of drug-likeness (QED) is 0.161. The second-order valence-corrected chi connectivity index (χ2v) is 12.3. The first-order valence-electron chi connectivity index (χ1n) is 14.9. The zero-order valence-corrected chi connectivity index (χ0v) is 27.1. The van der Waals surface area contributed by atoms with Crippen molar-refractivity contribution in [2.75, 3.05) is 0 Å². The fourth-order valence-corrected chi connectivity index (χ4v) is 5.73. The molecule has 0 saturated heterocycles. The average molecular weight is 656 g/mol. The fourth-order valence-electron chi connectivity index (χ4n) is 5.48. The van der Waals surface area contributed by atoms with E-state index < -0.39 is 11.2 Å². The molecule has 0 unspecified atom stereocenters. The van der Waals surface area contributed by atoms with Gasteiger partial charge >= 0.3 is 0 Å². The minimum Gasteiger partial charge on any atom is -0.383 e. The van der Waals surface area contributed by atoms with Crippen LogP contribution in [0, 0.1) is 0 Å². The first-order valence-corrected chi connectivity index (χ1v) is 15.6. The van der Waals surface area contributed by atoms with Crippen molar-refractivity contribution in [1.29, 1.82) is 0 Å². The van der Waals surface area contributed by atoms with Crippen LogP contribution in [0.3, 0.4) is 0 Å². The van der Waals surface area contributed by atoms with E-state index in [9.17, 15) is 10.2 Å². The molecule has 0 aliphatic rings. The molecule has 0 aliphatic carbocycles. The third kappa shape index (κ3) is 8.08. The maximum Gasteiger partial charge on any atom is 0.137 e. The second kappa shape index (κ2) is 14.8. The van der Waals surface area contributed by atoms with E-state index in [1.165, 1.54) is 12.7 Å². The molecule has 2 N–H and O–H groups in total. The molecule has 236 valence electrons. The van der Waals surface area contributed by atoms with Crippen molar-refractivity contribution in [3.63, 3.8) is 0 Å². The molecule has 0 fully saturated rings. The van der Waals surface area contributed by atoms with Gasteiger partial charge in [-0.3, -0.25) is 0 Å². The topological polar surface area (TPSA) is 102 Å². The normalized spacial score (nSPS) is 15.1. The van der Waals surface area contributed by atoms with E-state index in [1.54, 1.807) is 22.0 Å². The first kappa shape index (κ1) is 33.0. The zero-order valence-electron chi connectivity index (χ0n) is 25.6. The molecule has 2 aromatic heterocycles. The molecular weight excluding hydrogens is 619 g/mol. The second-order valence-electron chi connectivity index (χ2n) is 11.5. The third-order valence-corrected chi connectivity index (χ3v) is 8.71. The minimum atomic E-state index is -1.09. The SMILES string of the molecule is C[C@@](O)(c1ccccc1)[C@@H](Cc1ccc(Cl)cc1)n1cncn1.C[C@@](O)(c1ccccc1)[C@@H](Cc1ccc(Cl)cc1)n1cncn1. The van der Waals surface area contributed by atoms with E-state index in [1.807, 2.05) is 123 Å². The van der Waals surface area contributed by atoms with Crippen molar-refractivity contribution in [2.45, 2.75) is 50.0 Å². The molecule has 0 aliphatic heterocycles. The number of hydrogen-bond donors (Lipinski definition) is 2. The van der Waals surface area contributed by atoms with Crippen molar-refractivity contribution in [1.82, 2.24) is 29.5 Å². The van der Waals surface area contributed by atoms with Crippen molar-refractivity contribution in [2.24, 2.45) is 0 Å². The molecule has 6 rings (SSSR count). The zero-order chi connectivity index (χ0) is 32.6. The molecule has 0 radical (unpaired) electrons. The molecule has 8 nitrogen and oxygen atoms in total. The van der Waals surface area contributed by atoms with Crippen LogP contribution in [0.2, 0.25) is 10.0 Å². The maximum atomic E-state index is 11.2. The Labute approximate surface area is 278 Å². The number of hydrogen-bond acceptors (Lipinski definition) is 6. The van der Waals surface area contributed by atoms with Crippen LogP contribution in [-0.4, -0.2) is 39.7 Å². The van der Waals surface area contributed by atoms with Crippen LogP contribution in [-0.2, 0) is 24.0 Å². The van der Waals surface area contributed by atoms with Gasteiger partial charge in [0.15, 0.2) is 0 Å². The molecule has 6 aromatic rings. The van der Waals surface area contributed by atoms with Crippen molar-refractivity contribution >= 4 is 23.2 Å². The van der Waals surface area contributed by atoms with Crippen LogP contribution in [0.15, 0.2) is 135 Å². The van der Waals surface area contributed by atoms with Gasteiger partial charge in [0.1, 0.15) is 36.5 Å². The molecule has 4 aromatic carbocycles. The van der Waals surface area contributed by atoms with Gasteiger partial charge in [0.25, 0.3) is 0 Å². The Kier molecular flexibility index (Phi) is 10.7. The summed E-state index contributed by atoms with van der Waals surface area (Å²) in [4.78, 5) is 8.05. The first-order chi connectivity index (χ1) is 22.1. The van der Waals surface area contributed by atoms with Crippen LogP contribution >= 0.6 is 23.2 Å². The predicted octanol–water partition coefficient (Wildman–Crippen LogP) is 7.25. The molecule has 46 heavy (non-hydrogen) atoms. The molecule has 10 heteroatoms. The smallest absolute Gasteiger partial charge is 0.137 e. The highest BCUT2D eigenvalue weighted by atomic mass is 35.5. The number of halogens is 2. The largest absolute Gasteiger partial charge is 0.383 e. The summed E-state index contributed by atoms with van der Waals surface area (Å²) in [5.74, 6) is 0. The lowest BCUT2D eigenvalue weighted by atomic mass is 9.85. The lowest BCUT2D eigenvalue weighted by molar-refractivity contribution is -0.00503. The Bertz CT molecular complexity index is 1610. The van der Waals surface area contributed by atoms with E-state index in [0.29, 0.717) is 22.9 Å². The van der Waals surface area contributed by atoms with Gasteiger partial charge in [-0.2, -0.15) is 10.2 Å². The Morgan fingerprint density at radius 1 is 0.565 bits per heavy atom. The number of nitrogens with zero attached hydrogens (tertiary/aromatic N) is 6. The molecule has 4 atom stereocenters.